The van der Waals surface area contributed by atoms with Gasteiger partial charge in [-0.15, -0.1) is 0 Å². The van der Waals surface area contributed by atoms with Crippen LogP contribution in [0.1, 0.15) is 28.8 Å². The van der Waals surface area contributed by atoms with E-state index in [2.05, 4.69) is 10.3 Å². The topological polar surface area (TPSA) is 108 Å². The van der Waals surface area contributed by atoms with Gasteiger partial charge in [-0.05, 0) is 50.2 Å². The van der Waals surface area contributed by atoms with E-state index in [0.29, 0.717) is 23.0 Å². The highest BCUT2D eigenvalue weighted by molar-refractivity contribution is 5.94. The molecule has 0 bridgehead atoms. The summed E-state index contributed by atoms with van der Waals surface area (Å²) in [5.41, 5.74) is -1.50. The number of hydrogen-bond donors (Lipinski definition) is 3. The summed E-state index contributed by atoms with van der Waals surface area (Å²) in [6.45, 7) is 3.19. The molecule has 0 aliphatic heterocycles. The Kier molecular flexibility index (Phi) is 4.33. The van der Waals surface area contributed by atoms with E-state index in [4.69, 9.17) is 8.83 Å². The molecule has 7 heteroatoms. The molecule has 0 spiro atoms. The van der Waals surface area contributed by atoms with Gasteiger partial charge >= 0.3 is 0 Å². The van der Waals surface area contributed by atoms with Crippen LogP contribution in [0.15, 0.2) is 56.3 Å². The molecule has 3 heterocycles. The van der Waals surface area contributed by atoms with Crippen molar-refractivity contribution < 1.29 is 18.7 Å². The Morgan fingerprint density at radius 1 is 1.28 bits per heavy atom. The smallest absolute Gasteiger partial charge is 0.261 e. The summed E-state index contributed by atoms with van der Waals surface area (Å²) >= 11 is 0. The number of aryl methyl sites for hydroxylation is 1. The molecule has 0 fully saturated rings. The highest BCUT2D eigenvalue weighted by Gasteiger charge is 2.28. The Morgan fingerprint density at radius 2 is 2.08 bits per heavy atom. The molecule has 3 aromatic rings. The van der Waals surface area contributed by atoms with Crippen LogP contribution in [0.3, 0.4) is 0 Å². The van der Waals surface area contributed by atoms with Gasteiger partial charge in [0.25, 0.3) is 11.5 Å². The lowest BCUT2D eigenvalue weighted by Crippen LogP contribution is -2.40. The van der Waals surface area contributed by atoms with Gasteiger partial charge in [0, 0.05) is 0 Å². The van der Waals surface area contributed by atoms with Crippen LogP contribution in [0.25, 0.3) is 11.5 Å². The third-order valence-corrected chi connectivity index (χ3v) is 3.81. The van der Waals surface area contributed by atoms with E-state index < -0.39 is 17.1 Å². The van der Waals surface area contributed by atoms with Gasteiger partial charge in [-0.3, -0.25) is 9.59 Å². The summed E-state index contributed by atoms with van der Waals surface area (Å²) < 4.78 is 10.6. The zero-order valence-electron chi connectivity index (χ0n) is 13.8. The average molecular weight is 342 g/mol. The predicted molar refractivity (Wildman–Crippen MR) is 90.1 cm³/mol. The maximum Gasteiger partial charge on any atom is 0.261 e. The van der Waals surface area contributed by atoms with Crippen LogP contribution in [0.5, 0.6) is 0 Å². The molecule has 130 valence electrons. The number of aromatic amines is 1. The van der Waals surface area contributed by atoms with E-state index in [9.17, 15) is 14.7 Å². The van der Waals surface area contributed by atoms with Crippen LogP contribution in [0.4, 0.5) is 0 Å². The fraction of sp³-hybridized carbons (Fsp3) is 0.222. The third-order valence-electron chi connectivity index (χ3n) is 3.81. The zero-order chi connectivity index (χ0) is 18.0. The van der Waals surface area contributed by atoms with Crippen molar-refractivity contribution in [3.05, 3.63) is 70.1 Å². The molecule has 25 heavy (non-hydrogen) atoms. The average Bonchev–Trinajstić information content (AvgIpc) is 3.24. The molecule has 0 saturated heterocycles. The van der Waals surface area contributed by atoms with Crippen molar-refractivity contribution in [1.29, 1.82) is 0 Å². The van der Waals surface area contributed by atoms with E-state index >= 15 is 0 Å². The summed E-state index contributed by atoms with van der Waals surface area (Å²) in [6, 6.07) is 9.78. The van der Waals surface area contributed by atoms with Crippen molar-refractivity contribution in [2.45, 2.75) is 19.4 Å². The summed E-state index contributed by atoms with van der Waals surface area (Å²) in [5.74, 6) is 0.912. The van der Waals surface area contributed by atoms with E-state index in [1.54, 1.807) is 37.3 Å². The minimum Gasteiger partial charge on any atom is -0.463 e. The Bertz CT molecular complexity index is 935. The number of aromatic nitrogens is 1. The summed E-state index contributed by atoms with van der Waals surface area (Å²) in [6.07, 6.45) is 1.49. The van der Waals surface area contributed by atoms with Gasteiger partial charge in [0.1, 0.15) is 28.4 Å². The van der Waals surface area contributed by atoms with Gasteiger partial charge in [0.15, 0.2) is 0 Å². The van der Waals surface area contributed by atoms with Crippen molar-refractivity contribution >= 4 is 5.91 Å². The first-order valence-corrected chi connectivity index (χ1v) is 7.71. The van der Waals surface area contributed by atoms with Crippen molar-refractivity contribution in [2.75, 3.05) is 6.54 Å². The maximum atomic E-state index is 12.3. The first-order chi connectivity index (χ1) is 11.9. The van der Waals surface area contributed by atoms with Gasteiger partial charge in [-0.25, -0.2) is 0 Å². The molecule has 0 aromatic carbocycles. The number of rotatable bonds is 5. The highest BCUT2D eigenvalue weighted by atomic mass is 16.4. The molecular weight excluding hydrogens is 324 g/mol. The molecule has 1 atom stereocenters. The molecule has 0 saturated carbocycles. The van der Waals surface area contributed by atoms with Crippen LogP contribution in [-0.4, -0.2) is 22.5 Å². The Labute approximate surface area is 143 Å². The van der Waals surface area contributed by atoms with Crippen LogP contribution < -0.4 is 10.9 Å². The fourth-order valence-corrected chi connectivity index (χ4v) is 2.39. The van der Waals surface area contributed by atoms with Crippen LogP contribution in [-0.2, 0) is 5.60 Å². The Balaban J connectivity index is 1.72. The van der Waals surface area contributed by atoms with Gasteiger partial charge < -0.3 is 24.2 Å². The second kappa shape index (κ2) is 6.45. The van der Waals surface area contributed by atoms with E-state index in [1.807, 2.05) is 0 Å². The number of carbonyl (C=O) groups excluding carboxylic acids is 1. The SMILES string of the molecule is Cc1ccc(C(C)(O)CNC(=O)c2ccc(-c3ccco3)[nH]c2=O)o1. The lowest BCUT2D eigenvalue weighted by molar-refractivity contribution is 0.0323. The number of H-pyrrole nitrogens is 1. The molecule has 3 aromatic heterocycles. The van der Waals surface area contributed by atoms with Crippen LogP contribution in [0.2, 0.25) is 0 Å². The minimum atomic E-state index is -1.38. The minimum absolute atomic E-state index is 0.0540. The second-order valence-corrected chi connectivity index (χ2v) is 5.96. The molecular formula is C18H18N2O5. The number of amides is 1. The number of aliphatic hydroxyl groups is 1. The van der Waals surface area contributed by atoms with Crippen LogP contribution in [0, 0.1) is 6.92 Å². The molecule has 3 rings (SSSR count). The first kappa shape index (κ1) is 16.8. The summed E-state index contributed by atoms with van der Waals surface area (Å²) in [4.78, 5) is 27.0. The molecule has 1 amide bonds. The quantitative estimate of drug-likeness (QED) is 0.658. The largest absolute Gasteiger partial charge is 0.463 e. The van der Waals surface area contributed by atoms with Crippen molar-refractivity contribution in [1.82, 2.24) is 10.3 Å². The molecule has 0 aliphatic rings. The number of hydrogen-bond acceptors (Lipinski definition) is 5. The lowest BCUT2D eigenvalue weighted by atomic mass is 10.0. The molecule has 0 aliphatic carbocycles. The molecule has 0 radical (unpaired) electrons. The number of pyridine rings is 1. The third kappa shape index (κ3) is 3.56. The molecule has 1 unspecified atom stereocenters. The number of carbonyl (C=O) groups is 1. The number of nitrogens with one attached hydrogen (secondary N) is 2. The van der Waals surface area contributed by atoms with Crippen molar-refractivity contribution in [2.24, 2.45) is 0 Å². The van der Waals surface area contributed by atoms with Gasteiger partial charge in [0.05, 0.1) is 18.5 Å². The Hall–Kier alpha value is -3.06. The normalized spacial score (nSPS) is 13.4. The lowest BCUT2D eigenvalue weighted by Gasteiger charge is -2.21. The highest BCUT2D eigenvalue weighted by Crippen LogP contribution is 2.22. The van der Waals surface area contributed by atoms with Gasteiger partial charge in [-0.1, -0.05) is 0 Å². The van der Waals surface area contributed by atoms with E-state index in [0.717, 1.165) is 0 Å². The summed E-state index contributed by atoms with van der Waals surface area (Å²) in [7, 11) is 0. The predicted octanol–water partition coefficient (Wildman–Crippen LogP) is 2.17. The van der Waals surface area contributed by atoms with Gasteiger partial charge in [-0.2, -0.15) is 0 Å². The van der Waals surface area contributed by atoms with Crippen LogP contribution >= 0.6 is 0 Å². The second-order valence-electron chi connectivity index (χ2n) is 5.96. The molecule has 3 N–H and O–H groups in total. The zero-order valence-corrected chi connectivity index (χ0v) is 13.8. The van der Waals surface area contributed by atoms with Crippen molar-refractivity contribution in [3.8, 4) is 11.5 Å². The van der Waals surface area contributed by atoms with E-state index in [-0.39, 0.29) is 12.1 Å². The fourth-order valence-electron chi connectivity index (χ4n) is 2.39. The van der Waals surface area contributed by atoms with E-state index in [1.165, 1.54) is 19.3 Å². The summed E-state index contributed by atoms with van der Waals surface area (Å²) in [5, 5.41) is 13.0. The first-order valence-electron chi connectivity index (χ1n) is 7.71. The standard InChI is InChI=1S/C18H18N2O5/c1-11-5-8-15(25-11)18(2,23)10-19-16(21)12-6-7-13(20-17(12)22)14-4-3-9-24-14/h3-9,23H,10H2,1-2H3,(H,19,21)(H,20,22). The number of furan rings is 2. The van der Waals surface area contributed by atoms with Gasteiger partial charge in [0.2, 0.25) is 0 Å². The monoisotopic (exact) mass is 342 g/mol. The Morgan fingerprint density at radius 3 is 2.68 bits per heavy atom. The van der Waals surface area contributed by atoms with Crippen molar-refractivity contribution in [3.63, 3.8) is 0 Å². The maximum absolute atomic E-state index is 12.3. The molecule has 7 nitrogen and oxygen atoms in total.